The smallest absolute Gasteiger partial charge is 0.112 e. The number of nitrogens with zero attached hydrogens (tertiary/aromatic N) is 3. The van der Waals surface area contributed by atoms with Crippen LogP contribution in [0.5, 0.6) is 0 Å². The van der Waals surface area contributed by atoms with E-state index in [-0.39, 0.29) is 0 Å². The average molecular weight is 362 g/mol. The van der Waals surface area contributed by atoms with E-state index in [0.29, 0.717) is 6.10 Å². The lowest BCUT2D eigenvalue weighted by molar-refractivity contribution is 0.0532. The third kappa shape index (κ3) is 2.72. The maximum atomic E-state index is 5.87. The lowest BCUT2D eigenvalue weighted by Crippen LogP contribution is -2.37. The number of hydrogen-bond acceptors (Lipinski definition) is 4. The molecule has 2 fully saturated rings. The number of pyridine rings is 2. The number of anilines is 1. The van der Waals surface area contributed by atoms with Crippen LogP contribution in [0.3, 0.4) is 0 Å². The molecule has 4 nitrogen and oxygen atoms in total. The van der Waals surface area contributed by atoms with Crippen molar-refractivity contribution < 1.29 is 4.74 Å². The summed E-state index contributed by atoms with van der Waals surface area (Å²) in [5.41, 5.74) is 3.16. The monoisotopic (exact) mass is 361 g/mol. The molecule has 0 radical (unpaired) electrons. The van der Waals surface area contributed by atoms with Gasteiger partial charge in [-0.3, -0.25) is 9.97 Å². The Morgan fingerprint density at radius 1 is 1.18 bits per heavy atom. The highest BCUT2D eigenvalue weighted by atomic mass is 79.9. The van der Waals surface area contributed by atoms with Crippen molar-refractivity contribution in [1.82, 2.24) is 9.97 Å². The summed E-state index contributed by atoms with van der Waals surface area (Å²) >= 11 is 3.47. The predicted molar refractivity (Wildman–Crippen MR) is 91.1 cm³/mol. The molecular weight excluding hydrogens is 342 g/mol. The van der Waals surface area contributed by atoms with Gasteiger partial charge in [-0.25, -0.2) is 0 Å². The minimum atomic E-state index is 0.505. The highest BCUT2D eigenvalue weighted by Crippen LogP contribution is 2.33. The van der Waals surface area contributed by atoms with Crippen LogP contribution in [0.15, 0.2) is 29.0 Å². The first-order chi connectivity index (χ1) is 10.8. The van der Waals surface area contributed by atoms with Gasteiger partial charge in [0, 0.05) is 36.6 Å². The van der Waals surface area contributed by atoms with Crippen LogP contribution in [0.4, 0.5) is 5.69 Å². The fourth-order valence-electron chi connectivity index (χ4n) is 3.73. The van der Waals surface area contributed by atoms with Crippen molar-refractivity contribution in [2.45, 2.75) is 31.8 Å². The molecule has 2 aromatic heterocycles. The van der Waals surface area contributed by atoms with E-state index in [1.165, 1.54) is 31.4 Å². The molecule has 2 aromatic rings. The summed E-state index contributed by atoms with van der Waals surface area (Å²) < 4.78 is 6.84. The van der Waals surface area contributed by atoms with E-state index >= 15 is 0 Å². The number of aromatic nitrogens is 2. The van der Waals surface area contributed by atoms with Gasteiger partial charge >= 0.3 is 0 Å². The highest BCUT2D eigenvalue weighted by Gasteiger charge is 2.30. The van der Waals surface area contributed by atoms with E-state index in [4.69, 9.17) is 4.74 Å². The Morgan fingerprint density at radius 2 is 2.05 bits per heavy atom. The zero-order chi connectivity index (χ0) is 14.9. The van der Waals surface area contributed by atoms with Gasteiger partial charge in [-0.1, -0.05) is 0 Å². The van der Waals surface area contributed by atoms with Crippen LogP contribution >= 0.6 is 15.9 Å². The van der Waals surface area contributed by atoms with Gasteiger partial charge in [0.2, 0.25) is 0 Å². The van der Waals surface area contributed by atoms with E-state index in [0.717, 1.165) is 41.1 Å². The number of ether oxygens (including phenoxy) is 1. The third-order valence-corrected chi connectivity index (χ3v) is 5.33. The molecule has 4 rings (SSSR count). The van der Waals surface area contributed by atoms with Gasteiger partial charge < -0.3 is 9.64 Å². The summed E-state index contributed by atoms with van der Waals surface area (Å²) in [6.45, 7) is 3.13. The lowest BCUT2D eigenvalue weighted by Gasteiger charge is -2.36. The standard InChI is InChI=1S/C17H20BrN3O/c18-13-10-14-17(20-11-13)15(3-6-19-14)21-7-4-12(5-8-21)16-2-1-9-22-16/h3,6,10-12,16H,1-2,4-5,7-9H2. The molecule has 0 aliphatic carbocycles. The summed E-state index contributed by atoms with van der Waals surface area (Å²) in [7, 11) is 0. The molecule has 4 heterocycles. The minimum absolute atomic E-state index is 0.505. The normalized spacial score (nSPS) is 23.3. The SMILES string of the molecule is Brc1cnc2c(N3CCC(C4CCCO4)CC3)ccnc2c1. The van der Waals surface area contributed by atoms with Crippen LogP contribution in [-0.2, 0) is 4.74 Å². The first kappa shape index (κ1) is 14.4. The first-order valence-electron chi connectivity index (χ1n) is 8.08. The molecule has 0 aromatic carbocycles. The summed E-state index contributed by atoms with van der Waals surface area (Å²) in [6, 6.07) is 4.13. The molecule has 0 N–H and O–H groups in total. The Labute approximate surface area is 139 Å². The Balaban J connectivity index is 1.53. The van der Waals surface area contributed by atoms with E-state index < -0.39 is 0 Å². The molecule has 2 aliphatic rings. The second kappa shape index (κ2) is 6.13. The summed E-state index contributed by atoms with van der Waals surface area (Å²) in [5.74, 6) is 0.731. The maximum Gasteiger partial charge on any atom is 0.112 e. The molecular formula is C17H20BrN3O. The largest absolute Gasteiger partial charge is 0.378 e. The second-order valence-electron chi connectivity index (χ2n) is 6.23. The maximum absolute atomic E-state index is 5.87. The lowest BCUT2D eigenvalue weighted by atomic mass is 9.89. The molecule has 0 saturated carbocycles. The Morgan fingerprint density at radius 3 is 2.82 bits per heavy atom. The number of hydrogen-bond donors (Lipinski definition) is 0. The van der Waals surface area contributed by atoms with Gasteiger partial charge in [-0.05, 0) is 59.7 Å². The summed E-state index contributed by atoms with van der Waals surface area (Å²) in [5, 5.41) is 0. The molecule has 2 saturated heterocycles. The van der Waals surface area contributed by atoms with E-state index in [2.05, 4.69) is 36.9 Å². The van der Waals surface area contributed by atoms with Gasteiger partial charge in [0.25, 0.3) is 0 Å². The fourth-order valence-corrected chi connectivity index (χ4v) is 4.05. The highest BCUT2D eigenvalue weighted by molar-refractivity contribution is 9.10. The van der Waals surface area contributed by atoms with Gasteiger partial charge in [0.1, 0.15) is 5.52 Å². The second-order valence-corrected chi connectivity index (χ2v) is 7.14. The van der Waals surface area contributed by atoms with E-state index in [1.807, 2.05) is 18.5 Å². The van der Waals surface area contributed by atoms with Crippen molar-refractivity contribution in [3.63, 3.8) is 0 Å². The first-order valence-corrected chi connectivity index (χ1v) is 8.87. The van der Waals surface area contributed by atoms with Crippen LogP contribution < -0.4 is 4.90 Å². The summed E-state index contributed by atoms with van der Waals surface area (Å²) in [6.07, 6.45) is 9.16. The van der Waals surface area contributed by atoms with Gasteiger partial charge in [0.05, 0.1) is 17.3 Å². The quantitative estimate of drug-likeness (QED) is 0.815. The number of halogens is 1. The molecule has 0 spiro atoms. The van der Waals surface area contributed by atoms with Crippen LogP contribution in [0.1, 0.15) is 25.7 Å². The topological polar surface area (TPSA) is 38.2 Å². The molecule has 1 atom stereocenters. The third-order valence-electron chi connectivity index (χ3n) is 4.89. The number of rotatable bonds is 2. The summed E-state index contributed by atoms with van der Waals surface area (Å²) in [4.78, 5) is 11.5. The molecule has 2 aliphatic heterocycles. The van der Waals surface area contributed by atoms with Crippen LogP contribution in [0.2, 0.25) is 0 Å². The zero-order valence-corrected chi connectivity index (χ0v) is 14.1. The molecule has 0 amide bonds. The van der Waals surface area contributed by atoms with Gasteiger partial charge in [-0.2, -0.15) is 0 Å². The predicted octanol–water partition coefficient (Wildman–Crippen LogP) is 3.79. The Bertz CT molecular complexity index is 664. The Kier molecular flexibility index (Phi) is 4.01. The van der Waals surface area contributed by atoms with Crippen LogP contribution in [0, 0.1) is 5.92 Å². The number of fused-ring (bicyclic) bond motifs is 1. The molecule has 5 heteroatoms. The molecule has 116 valence electrons. The average Bonchev–Trinajstić information content (AvgIpc) is 3.09. The molecule has 0 bridgehead atoms. The van der Waals surface area contributed by atoms with Crippen LogP contribution in [-0.4, -0.2) is 35.8 Å². The van der Waals surface area contributed by atoms with Crippen molar-refractivity contribution in [2.24, 2.45) is 5.92 Å². The zero-order valence-electron chi connectivity index (χ0n) is 12.5. The Hall–Kier alpha value is -1.20. The van der Waals surface area contributed by atoms with Crippen molar-refractivity contribution in [1.29, 1.82) is 0 Å². The van der Waals surface area contributed by atoms with Gasteiger partial charge in [0.15, 0.2) is 0 Å². The van der Waals surface area contributed by atoms with E-state index in [9.17, 15) is 0 Å². The van der Waals surface area contributed by atoms with Gasteiger partial charge in [-0.15, -0.1) is 0 Å². The van der Waals surface area contributed by atoms with Crippen molar-refractivity contribution >= 4 is 32.7 Å². The fraction of sp³-hybridized carbons (Fsp3) is 0.529. The van der Waals surface area contributed by atoms with Crippen molar-refractivity contribution in [3.8, 4) is 0 Å². The minimum Gasteiger partial charge on any atom is -0.378 e. The van der Waals surface area contributed by atoms with Crippen LogP contribution in [0.25, 0.3) is 11.0 Å². The van der Waals surface area contributed by atoms with Crippen molar-refractivity contribution in [3.05, 3.63) is 29.0 Å². The molecule has 22 heavy (non-hydrogen) atoms. The molecule has 1 unspecified atom stereocenters. The number of piperidine rings is 1. The van der Waals surface area contributed by atoms with E-state index in [1.54, 1.807) is 0 Å². The van der Waals surface area contributed by atoms with Crippen molar-refractivity contribution in [2.75, 3.05) is 24.6 Å².